The minimum absolute atomic E-state index is 0.0454. The van der Waals surface area contributed by atoms with Crippen LogP contribution in [0.2, 0.25) is 0 Å². The summed E-state index contributed by atoms with van der Waals surface area (Å²) in [5, 5.41) is 15.4. The zero-order valence-electron chi connectivity index (χ0n) is 18.7. The Morgan fingerprint density at radius 2 is 1.31 bits per heavy atom. The number of aromatic nitrogens is 1. The second kappa shape index (κ2) is 9.15. The van der Waals surface area contributed by atoms with Gasteiger partial charge in [0.2, 0.25) is 0 Å². The molecule has 3 aromatic carbocycles. The number of nitro groups is 1. The third-order valence-electron chi connectivity index (χ3n) is 5.71. The zero-order chi connectivity index (χ0) is 25.2. The lowest BCUT2D eigenvalue weighted by Gasteiger charge is -2.16. The first kappa shape index (κ1) is 22.5. The van der Waals surface area contributed by atoms with Crippen LogP contribution in [0.25, 0.3) is 34.3 Å². The van der Waals surface area contributed by atoms with Crippen LogP contribution in [0.5, 0.6) is 0 Å². The maximum Gasteiger partial charge on any atom is 0.328 e. The van der Waals surface area contributed by atoms with Crippen molar-refractivity contribution in [3.63, 3.8) is 0 Å². The molecule has 4 aromatic rings. The van der Waals surface area contributed by atoms with Gasteiger partial charge in [0.05, 0.1) is 16.3 Å². The van der Waals surface area contributed by atoms with E-state index in [0.29, 0.717) is 16.9 Å². The molecule has 0 saturated carbocycles. The fraction of sp³-hybridized carbons (Fsp3) is 0. The molecule has 1 fully saturated rings. The number of non-ortho nitro benzene ring substituents is 1. The maximum atomic E-state index is 12.5. The standard InChI is InChI=1S/C27H18N4O5/c32-25-22(26(33)29-27(34)28-25)15-19-16-23(17-7-3-1-4-8-17)30(24(19)18-9-5-2-6-10-18)20-11-13-21(14-12-20)31(35)36/h1-16H,(H2,28,29,32,33,34). The second-order valence-electron chi connectivity index (χ2n) is 7.97. The smallest absolute Gasteiger partial charge is 0.309 e. The van der Waals surface area contributed by atoms with Gasteiger partial charge in [-0.1, -0.05) is 60.7 Å². The molecule has 1 aliphatic rings. The van der Waals surface area contributed by atoms with Crippen molar-refractivity contribution in [3.8, 4) is 28.2 Å². The minimum Gasteiger partial charge on any atom is -0.309 e. The molecule has 36 heavy (non-hydrogen) atoms. The number of nitrogens with zero attached hydrogens (tertiary/aromatic N) is 2. The lowest BCUT2D eigenvalue weighted by molar-refractivity contribution is -0.384. The van der Waals surface area contributed by atoms with Gasteiger partial charge >= 0.3 is 6.03 Å². The highest BCUT2D eigenvalue weighted by atomic mass is 16.6. The van der Waals surface area contributed by atoms with E-state index in [2.05, 4.69) is 10.6 Å². The summed E-state index contributed by atoms with van der Waals surface area (Å²) in [7, 11) is 0. The van der Waals surface area contributed by atoms with Crippen molar-refractivity contribution >= 4 is 29.6 Å². The SMILES string of the molecule is O=C1NC(=O)C(=Cc2cc(-c3ccccc3)n(-c3ccc([N+](=O)[O-])cc3)c2-c2ccccc2)C(=O)N1. The van der Waals surface area contributed by atoms with Crippen molar-refractivity contribution in [2.45, 2.75) is 0 Å². The molecule has 0 bridgehead atoms. The van der Waals surface area contributed by atoms with E-state index in [1.165, 1.54) is 18.2 Å². The molecule has 1 aliphatic heterocycles. The highest BCUT2D eigenvalue weighted by Crippen LogP contribution is 2.37. The summed E-state index contributed by atoms with van der Waals surface area (Å²) < 4.78 is 1.92. The van der Waals surface area contributed by atoms with Gasteiger partial charge in [0.15, 0.2) is 0 Å². The Morgan fingerprint density at radius 1 is 0.750 bits per heavy atom. The van der Waals surface area contributed by atoms with E-state index >= 15 is 0 Å². The topological polar surface area (TPSA) is 123 Å². The monoisotopic (exact) mass is 478 g/mol. The van der Waals surface area contributed by atoms with E-state index in [9.17, 15) is 24.5 Å². The van der Waals surface area contributed by atoms with Crippen molar-refractivity contribution in [2.75, 3.05) is 0 Å². The van der Waals surface area contributed by atoms with E-state index in [-0.39, 0.29) is 11.3 Å². The molecule has 0 spiro atoms. The third kappa shape index (κ3) is 4.16. The second-order valence-corrected chi connectivity index (χ2v) is 7.97. The van der Waals surface area contributed by atoms with Crippen molar-refractivity contribution in [1.29, 1.82) is 0 Å². The van der Waals surface area contributed by atoms with Crippen LogP contribution < -0.4 is 10.6 Å². The molecule has 1 aromatic heterocycles. The summed E-state index contributed by atoms with van der Waals surface area (Å²) in [5.74, 6) is -1.60. The molecule has 0 atom stereocenters. The highest BCUT2D eigenvalue weighted by molar-refractivity contribution is 6.31. The van der Waals surface area contributed by atoms with Gasteiger partial charge < -0.3 is 4.57 Å². The van der Waals surface area contributed by atoms with Crippen LogP contribution in [-0.2, 0) is 9.59 Å². The molecule has 2 N–H and O–H groups in total. The average molecular weight is 478 g/mol. The summed E-state index contributed by atoms with van der Waals surface area (Å²) in [6, 6.07) is 26.0. The van der Waals surface area contributed by atoms with Crippen LogP contribution in [-0.4, -0.2) is 27.3 Å². The number of benzene rings is 3. The number of amides is 4. The van der Waals surface area contributed by atoms with Gasteiger partial charge in [0.25, 0.3) is 17.5 Å². The maximum absolute atomic E-state index is 12.5. The molecule has 0 unspecified atom stereocenters. The number of barbiturate groups is 1. The number of nitrogens with one attached hydrogen (secondary N) is 2. The molecule has 0 radical (unpaired) electrons. The third-order valence-corrected chi connectivity index (χ3v) is 5.71. The molecular weight excluding hydrogens is 460 g/mol. The summed E-state index contributed by atoms with van der Waals surface area (Å²) in [6.45, 7) is 0. The van der Waals surface area contributed by atoms with Crippen LogP contribution in [0.4, 0.5) is 10.5 Å². The number of hydrogen-bond acceptors (Lipinski definition) is 5. The lowest BCUT2D eigenvalue weighted by Crippen LogP contribution is -2.51. The Morgan fingerprint density at radius 3 is 1.86 bits per heavy atom. The molecular formula is C27H18N4O5. The number of hydrogen-bond donors (Lipinski definition) is 2. The zero-order valence-corrected chi connectivity index (χ0v) is 18.7. The number of carbonyl (C=O) groups excluding carboxylic acids is 3. The lowest BCUT2D eigenvalue weighted by atomic mass is 10.0. The summed E-state index contributed by atoms with van der Waals surface area (Å²) in [6.07, 6.45) is 1.44. The first-order valence-corrected chi connectivity index (χ1v) is 10.9. The first-order valence-electron chi connectivity index (χ1n) is 10.9. The van der Waals surface area contributed by atoms with Gasteiger partial charge in [-0.25, -0.2) is 4.79 Å². The highest BCUT2D eigenvalue weighted by Gasteiger charge is 2.29. The van der Waals surface area contributed by atoms with Crippen molar-refractivity contribution < 1.29 is 19.3 Å². The van der Waals surface area contributed by atoms with Gasteiger partial charge in [-0.3, -0.25) is 30.3 Å². The fourth-order valence-corrected chi connectivity index (χ4v) is 4.11. The summed E-state index contributed by atoms with van der Waals surface area (Å²) in [4.78, 5) is 47.2. The van der Waals surface area contributed by atoms with Gasteiger partial charge in [0, 0.05) is 23.4 Å². The number of rotatable bonds is 5. The fourth-order valence-electron chi connectivity index (χ4n) is 4.11. The Hall–Kier alpha value is -5.31. The summed E-state index contributed by atoms with van der Waals surface area (Å²) in [5.41, 5.74) is 3.98. The molecule has 176 valence electrons. The molecule has 5 rings (SSSR count). The van der Waals surface area contributed by atoms with Crippen molar-refractivity contribution in [2.24, 2.45) is 0 Å². The largest absolute Gasteiger partial charge is 0.328 e. The Kier molecular flexibility index (Phi) is 5.71. The van der Waals surface area contributed by atoms with Crippen molar-refractivity contribution in [3.05, 3.63) is 112 Å². The van der Waals surface area contributed by atoms with Crippen molar-refractivity contribution in [1.82, 2.24) is 15.2 Å². The first-order chi connectivity index (χ1) is 17.4. The van der Waals surface area contributed by atoms with Crippen LogP contribution in [0, 0.1) is 10.1 Å². The van der Waals surface area contributed by atoms with Gasteiger partial charge in [-0.2, -0.15) is 0 Å². The number of urea groups is 1. The van der Waals surface area contributed by atoms with E-state index in [1.54, 1.807) is 12.1 Å². The number of nitro benzene ring substituents is 1. The number of carbonyl (C=O) groups is 3. The average Bonchev–Trinajstić information content (AvgIpc) is 3.26. The van der Waals surface area contributed by atoms with E-state index in [1.807, 2.05) is 71.3 Å². The molecule has 2 heterocycles. The predicted octanol–water partition coefficient (Wildman–Crippen LogP) is 4.47. The Labute approximate surface area is 204 Å². The van der Waals surface area contributed by atoms with Crippen LogP contribution in [0.1, 0.15) is 5.56 Å². The molecule has 9 nitrogen and oxygen atoms in total. The normalized spacial score (nSPS) is 13.2. The van der Waals surface area contributed by atoms with Gasteiger partial charge in [0.1, 0.15) is 5.57 Å². The Bertz CT molecular complexity index is 1520. The molecule has 9 heteroatoms. The molecule has 1 saturated heterocycles. The Balaban J connectivity index is 1.81. The van der Waals surface area contributed by atoms with E-state index in [0.717, 1.165) is 16.8 Å². The van der Waals surface area contributed by atoms with Crippen LogP contribution >= 0.6 is 0 Å². The van der Waals surface area contributed by atoms with E-state index in [4.69, 9.17) is 0 Å². The number of imide groups is 2. The molecule has 4 amide bonds. The van der Waals surface area contributed by atoms with Crippen LogP contribution in [0.15, 0.2) is 96.6 Å². The van der Waals surface area contributed by atoms with Gasteiger partial charge in [-0.15, -0.1) is 0 Å². The van der Waals surface area contributed by atoms with Gasteiger partial charge in [-0.05, 0) is 35.4 Å². The molecule has 0 aliphatic carbocycles. The quantitative estimate of drug-likeness (QED) is 0.190. The summed E-state index contributed by atoms with van der Waals surface area (Å²) >= 11 is 0. The van der Waals surface area contributed by atoms with Crippen LogP contribution in [0.3, 0.4) is 0 Å². The predicted molar refractivity (Wildman–Crippen MR) is 133 cm³/mol. The minimum atomic E-state index is -0.876. The van der Waals surface area contributed by atoms with E-state index < -0.39 is 22.8 Å².